The Bertz CT molecular complexity index is 437. The van der Waals surface area contributed by atoms with Crippen molar-refractivity contribution in [1.82, 2.24) is 4.90 Å². The van der Waals surface area contributed by atoms with Crippen molar-refractivity contribution in [2.45, 2.75) is 6.42 Å². The maximum Gasteiger partial charge on any atom is 0.256 e. The number of rotatable bonds is 2. The summed E-state index contributed by atoms with van der Waals surface area (Å²) in [7, 11) is 0. The summed E-state index contributed by atoms with van der Waals surface area (Å²) in [5.41, 5.74) is 5.64. The number of aliphatic hydroxyl groups excluding tert-OH is 1. The molecule has 1 amide bonds. The molecule has 1 heterocycles. The number of nitrogen functional groups attached to an aromatic ring is 1. The fraction of sp³-hybridized carbons (Fsp3) is 0.417. The second kappa shape index (κ2) is 4.71. The van der Waals surface area contributed by atoms with Gasteiger partial charge < -0.3 is 15.7 Å². The number of hydrogen-bond donors (Lipinski definition) is 2. The molecular formula is C12H15FN2O2. The van der Waals surface area contributed by atoms with Gasteiger partial charge in [0.1, 0.15) is 5.82 Å². The first-order valence-electron chi connectivity index (χ1n) is 5.57. The minimum atomic E-state index is -0.575. The van der Waals surface area contributed by atoms with Crippen molar-refractivity contribution in [1.29, 1.82) is 0 Å². The largest absolute Gasteiger partial charge is 0.396 e. The number of likely N-dealkylation sites (tertiary alicyclic amines) is 1. The molecule has 1 fully saturated rings. The molecule has 17 heavy (non-hydrogen) atoms. The first-order chi connectivity index (χ1) is 8.13. The fourth-order valence-electron chi connectivity index (χ4n) is 2.06. The first kappa shape index (κ1) is 11.9. The van der Waals surface area contributed by atoms with Gasteiger partial charge in [-0.15, -0.1) is 0 Å². The molecule has 1 saturated heterocycles. The summed E-state index contributed by atoms with van der Waals surface area (Å²) in [6, 6.07) is 4.22. The topological polar surface area (TPSA) is 66.6 Å². The second-order valence-electron chi connectivity index (χ2n) is 4.29. The average molecular weight is 238 g/mol. The minimum absolute atomic E-state index is 0.0718. The molecule has 4 nitrogen and oxygen atoms in total. The molecular weight excluding hydrogens is 223 g/mol. The fourth-order valence-corrected chi connectivity index (χ4v) is 2.06. The molecule has 1 unspecified atom stereocenters. The molecule has 1 aliphatic rings. The van der Waals surface area contributed by atoms with Gasteiger partial charge in [0.15, 0.2) is 0 Å². The molecule has 3 N–H and O–H groups in total. The first-order valence-corrected chi connectivity index (χ1v) is 5.57. The summed E-state index contributed by atoms with van der Waals surface area (Å²) in [6.45, 7) is 1.16. The van der Waals surface area contributed by atoms with Gasteiger partial charge in [0.2, 0.25) is 0 Å². The number of carbonyl (C=O) groups is 1. The molecule has 0 aromatic heterocycles. The lowest BCUT2D eigenvalue weighted by Crippen LogP contribution is -2.30. The summed E-state index contributed by atoms with van der Waals surface area (Å²) in [5, 5.41) is 9.01. The van der Waals surface area contributed by atoms with Crippen LogP contribution in [0.25, 0.3) is 0 Å². The maximum atomic E-state index is 13.2. The van der Waals surface area contributed by atoms with Crippen LogP contribution in [-0.2, 0) is 0 Å². The van der Waals surface area contributed by atoms with Crippen LogP contribution in [0.1, 0.15) is 16.8 Å². The van der Waals surface area contributed by atoms with Gasteiger partial charge in [-0.2, -0.15) is 0 Å². The third-order valence-corrected chi connectivity index (χ3v) is 3.11. The van der Waals surface area contributed by atoms with E-state index in [-0.39, 0.29) is 29.7 Å². The predicted molar refractivity (Wildman–Crippen MR) is 61.9 cm³/mol. The zero-order valence-corrected chi connectivity index (χ0v) is 9.40. The third-order valence-electron chi connectivity index (χ3n) is 3.11. The van der Waals surface area contributed by atoms with Crippen LogP contribution >= 0.6 is 0 Å². The standard InChI is InChI=1S/C12H15FN2O2/c13-10-3-1-2-9(11(10)14)12(17)15-5-4-8(6-15)7-16/h1-3,8,16H,4-7,14H2. The van der Waals surface area contributed by atoms with E-state index in [1.807, 2.05) is 0 Å². The number of aliphatic hydroxyl groups is 1. The van der Waals surface area contributed by atoms with Crippen molar-refractivity contribution in [3.8, 4) is 0 Å². The molecule has 0 radical (unpaired) electrons. The van der Waals surface area contributed by atoms with E-state index in [1.54, 1.807) is 4.90 Å². The molecule has 92 valence electrons. The SMILES string of the molecule is Nc1c(F)cccc1C(=O)N1CCC(CO)C1. The Balaban J connectivity index is 2.18. The minimum Gasteiger partial charge on any atom is -0.396 e. The lowest BCUT2D eigenvalue weighted by Gasteiger charge is -2.17. The molecule has 1 aliphatic heterocycles. The number of para-hydroxylation sites is 1. The average Bonchev–Trinajstić information content (AvgIpc) is 2.80. The van der Waals surface area contributed by atoms with Gasteiger partial charge in [-0.05, 0) is 18.6 Å². The van der Waals surface area contributed by atoms with E-state index in [2.05, 4.69) is 0 Å². The Kier molecular flexibility index (Phi) is 3.28. The lowest BCUT2D eigenvalue weighted by atomic mass is 10.1. The summed E-state index contributed by atoms with van der Waals surface area (Å²) in [5.74, 6) is -0.722. The van der Waals surface area contributed by atoms with Gasteiger partial charge in [0.25, 0.3) is 5.91 Å². The van der Waals surface area contributed by atoms with E-state index >= 15 is 0 Å². The number of amides is 1. The number of benzene rings is 1. The highest BCUT2D eigenvalue weighted by Gasteiger charge is 2.27. The normalized spacial score (nSPS) is 19.6. The van der Waals surface area contributed by atoms with Crippen molar-refractivity contribution in [3.63, 3.8) is 0 Å². The van der Waals surface area contributed by atoms with E-state index in [1.165, 1.54) is 18.2 Å². The molecule has 0 saturated carbocycles. The van der Waals surface area contributed by atoms with Crippen molar-refractivity contribution in [3.05, 3.63) is 29.6 Å². The Morgan fingerprint density at radius 1 is 1.59 bits per heavy atom. The smallest absolute Gasteiger partial charge is 0.256 e. The molecule has 5 heteroatoms. The summed E-state index contributed by atoms with van der Waals surface area (Å²) in [4.78, 5) is 13.7. The maximum absolute atomic E-state index is 13.2. The molecule has 2 rings (SSSR count). The Morgan fingerprint density at radius 3 is 3.00 bits per heavy atom. The number of nitrogens with two attached hydrogens (primary N) is 1. The summed E-state index contributed by atoms with van der Waals surface area (Å²) < 4.78 is 13.2. The van der Waals surface area contributed by atoms with Gasteiger partial charge >= 0.3 is 0 Å². The zero-order valence-electron chi connectivity index (χ0n) is 9.40. The van der Waals surface area contributed by atoms with Crippen LogP contribution < -0.4 is 5.73 Å². The van der Waals surface area contributed by atoms with Gasteiger partial charge in [-0.1, -0.05) is 6.07 Å². The molecule has 1 aromatic carbocycles. The second-order valence-corrected chi connectivity index (χ2v) is 4.29. The van der Waals surface area contributed by atoms with E-state index in [0.717, 1.165) is 6.42 Å². The van der Waals surface area contributed by atoms with Crippen LogP contribution in [0.15, 0.2) is 18.2 Å². The van der Waals surface area contributed by atoms with Crippen LogP contribution in [0.3, 0.4) is 0 Å². The number of anilines is 1. The number of hydrogen-bond acceptors (Lipinski definition) is 3. The molecule has 1 aromatic rings. The lowest BCUT2D eigenvalue weighted by molar-refractivity contribution is 0.0782. The van der Waals surface area contributed by atoms with E-state index < -0.39 is 5.82 Å². The van der Waals surface area contributed by atoms with Gasteiger partial charge in [0, 0.05) is 25.6 Å². The zero-order chi connectivity index (χ0) is 12.4. The Labute approximate surface area is 98.8 Å². The summed E-state index contributed by atoms with van der Waals surface area (Å²) in [6.07, 6.45) is 0.775. The van der Waals surface area contributed by atoms with Gasteiger partial charge in [0.05, 0.1) is 11.3 Å². The van der Waals surface area contributed by atoms with E-state index in [9.17, 15) is 9.18 Å². The number of halogens is 1. The van der Waals surface area contributed by atoms with Crippen LogP contribution in [-0.4, -0.2) is 35.6 Å². The Hall–Kier alpha value is -1.62. The van der Waals surface area contributed by atoms with Gasteiger partial charge in [-0.3, -0.25) is 4.79 Å². The number of carbonyl (C=O) groups excluding carboxylic acids is 1. The third kappa shape index (κ3) is 2.24. The van der Waals surface area contributed by atoms with Crippen molar-refractivity contribution in [2.75, 3.05) is 25.4 Å². The molecule has 0 bridgehead atoms. The van der Waals surface area contributed by atoms with Crippen molar-refractivity contribution < 1.29 is 14.3 Å². The van der Waals surface area contributed by atoms with Crippen LogP contribution in [0.2, 0.25) is 0 Å². The quantitative estimate of drug-likeness (QED) is 0.751. The predicted octanol–water partition coefficient (Wildman–Crippen LogP) is 0.862. The number of nitrogens with zero attached hydrogens (tertiary/aromatic N) is 1. The summed E-state index contributed by atoms with van der Waals surface area (Å²) >= 11 is 0. The molecule has 0 aliphatic carbocycles. The van der Waals surface area contributed by atoms with Crippen LogP contribution in [0.4, 0.5) is 10.1 Å². The van der Waals surface area contributed by atoms with Crippen molar-refractivity contribution in [2.24, 2.45) is 5.92 Å². The monoisotopic (exact) mass is 238 g/mol. The van der Waals surface area contributed by atoms with Gasteiger partial charge in [-0.25, -0.2) is 4.39 Å². The highest BCUT2D eigenvalue weighted by Crippen LogP contribution is 2.22. The van der Waals surface area contributed by atoms with Crippen LogP contribution in [0.5, 0.6) is 0 Å². The highest BCUT2D eigenvalue weighted by atomic mass is 19.1. The molecule has 1 atom stereocenters. The van der Waals surface area contributed by atoms with Crippen LogP contribution in [0, 0.1) is 11.7 Å². The Morgan fingerprint density at radius 2 is 2.35 bits per heavy atom. The van der Waals surface area contributed by atoms with Crippen molar-refractivity contribution >= 4 is 11.6 Å². The van der Waals surface area contributed by atoms with E-state index in [4.69, 9.17) is 10.8 Å². The van der Waals surface area contributed by atoms with E-state index in [0.29, 0.717) is 13.1 Å². The molecule has 0 spiro atoms. The highest BCUT2D eigenvalue weighted by molar-refractivity contribution is 5.99.